The number of nitrogens with zero attached hydrogens (tertiary/aromatic N) is 3. The van der Waals surface area contributed by atoms with Gasteiger partial charge in [-0.15, -0.1) is 0 Å². The number of furan rings is 1. The number of carbonyl (C=O) groups is 2. The molecule has 8 heteroatoms. The Hall–Kier alpha value is -3.45. The first kappa shape index (κ1) is 18.9. The molecule has 1 aromatic carbocycles. The van der Waals surface area contributed by atoms with Gasteiger partial charge in [0.15, 0.2) is 6.61 Å². The van der Waals surface area contributed by atoms with Crippen LogP contribution in [0.15, 0.2) is 76.6 Å². The van der Waals surface area contributed by atoms with E-state index in [2.05, 4.69) is 10.1 Å². The molecule has 0 radical (unpaired) electrons. The van der Waals surface area contributed by atoms with Crippen LogP contribution in [0, 0.1) is 0 Å². The van der Waals surface area contributed by atoms with E-state index in [0.717, 1.165) is 5.56 Å². The van der Waals surface area contributed by atoms with Gasteiger partial charge in [0, 0.05) is 17.6 Å². The summed E-state index contributed by atoms with van der Waals surface area (Å²) < 4.78 is 10.6. The SMILES string of the molecule is O=C(OCC(=O)N1N=C(c2ccc(Cl)cc2)CC1c1ccco1)c1ccccn1. The van der Waals surface area contributed by atoms with Gasteiger partial charge in [-0.2, -0.15) is 5.10 Å². The van der Waals surface area contributed by atoms with E-state index in [-0.39, 0.29) is 5.69 Å². The Balaban J connectivity index is 1.52. The van der Waals surface area contributed by atoms with Crippen molar-refractivity contribution < 1.29 is 18.7 Å². The molecular formula is C21H16ClN3O4. The number of rotatable bonds is 5. The summed E-state index contributed by atoms with van der Waals surface area (Å²) in [4.78, 5) is 28.8. The minimum absolute atomic E-state index is 0.134. The predicted octanol–water partition coefficient (Wildman–Crippen LogP) is 3.86. The number of halogens is 1. The smallest absolute Gasteiger partial charge is 0.357 e. The Bertz CT molecular complexity index is 1030. The van der Waals surface area contributed by atoms with Gasteiger partial charge < -0.3 is 9.15 Å². The lowest BCUT2D eigenvalue weighted by atomic mass is 10.0. The highest BCUT2D eigenvalue weighted by atomic mass is 35.5. The van der Waals surface area contributed by atoms with Crippen LogP contribution in [0.5, 0.6) is 0 Å². The molecule has 0 saturated carbocycles. The molecule has 7 nitrogen and oxygen atoms in total. The standard InChI is InChI=1S/C21H16ClN3O4/c22-15-8-6-14(7-9-15)17-12-18(19-5-3-11-28-19)25(24-17)20(26)13-29-21(27)16-4-1-2-10-23-16/h1-11,18H,12-13H2. The van der Waals surface area contributed by atoms with Crippen molar-refractivity contribution in [3.05, 3.63) is 89.1 Å². The molecule has 0 spiro atoms. The molecular weight excluding hydrogens is 394 g/mol. The number of esters is 1. The van der Waals surface area contributed by atoms with Crippen molar-refractivity contribution in [3.8, 4) is 0 Å². The molecule has 1 atom stereocenters. The molecule has 29 heavy (non-hydrogen) atoms. The quantitative estimate of drug-likeness (QED) is 0.597. The van der Waals surface area contributed by atoms with E-state index in [1.807, 2.05) is 12.1 Å². The summed E-state index contributed by atoms with van der Waals surface area (Å²) in [6.45, 7) is -0.454. The maximum absolute atomic E-state index is 12.8. The molecule has 3 heterocycles. The summed E-state index contributed by atoms with van der Waals surface area (Å²) in [5.41, 5.74) is 1.70. The summed E-state index contributed by atoms with van der Waals surface area (Å²) in [6, 6.07) is 15.2. The monoisotopic (exact) mass is 409 g/mol. The van der Waals surface area contributed by atoms with Crippen molar-refractivity contribution in [2.45, 2.75) is 12.5 Å². The van der Waals surface area contributed by atoms with Gasteiger partial charge in [0.1, 0.15) is 17.5 Å². The first-order valence-electron chi connectivity index (χ1n) is 8.89. The van der Waals surface area contributed by atoms with Gasteiger partial charge in [-0.1, -0.05) is 29.8 Å². The van der Waals surface area contributed by atoms with Crippen LogP contribution >= 0.6 is 11.6 Å². The maximum Gasteiger partial charge on any atom is 0.357 e. The second-order valence-corrected chi connectivity index (χ2v) is 6.75. The number of pyridine rings is 1. The van der Waals surface area contributed by atoms with Crippen LogP contribution in [-0.2, 0) is 9.53 Å². The summed E-state index contributed by atoms with van der Waals surface area (Å²) in [6.07, 6.45) is 3.49. The Morgan fingerprint density at radius 3 is 2.66 bits per heavy atom. The zero-order valence-corrected chi connectivity index (χ0v) is 16.0. The van der Waals surface area contributed by atoms with Crippen molar-refractivity contribution in [2.24, 2.45) is 5.10 Å². The van der Waals surface area contributed by atoms with Crippen LogP contribution in [0.2, 0.25) is 5.02 Å². The van der Waals surface area contributed by atoms with E-state index in [9.17, 15) is 9.59 Å². The third kappa shape index (κ3) is 4.20. The van der Waals surface area contributed by atoms with Gasteiger partial charge in [0.2, 0.25) is 0 Å². The molecule has 4 rings (SSSR count). The average Bonchev–Trinajstić information content (AvgIpc) is 3.43. The zero-order valence-electron chi connectivity index (χ0n) is 15.2. The Labute approximate surface area is 171 Å². The van der Waals surface area contributed by atoms with Gasteiger partial charge in [0.05, 0.1) is 12.0 Å². The van der Waals surface area contributed by atoms with Crippen molar-refractivity contribution in [3.63, 3.8) is 0 Å². The fraction of sp³-hybridized carbons (Fsp3) is 0.143. The van der Waals surface area contributed by atoms with Gasteiger partial charge >= 0.3 is 5.97 Å². The van der Waals surface area contributed by atoms with Crippen molar-refractivity contribution in [1.29, 1.82) is 0 Å². The highest BCUT2D eigenvalue weighted by Gasteiger charge is 2.35. The summed E-state index contributed by atoms with van der Waals surface area (Å²) in [5, 5.41) is 6.38. The van der Waals surface area contributed by atoms with Crippen LogP contribution < -0.4 is 0 Å². The number of hydrogen-bond acceptors (Lipinski definition) is 6. The molecule has 0 bridgehead atoms. The van der Waals surface area contributed by atoms with Crippen LogP contribution in [0.25, 0.3) is 0 Å². The number of amides is 1. The van der Waals surface area contributed by atoms with E-state index >= 15 is 0 Å². The van der Waals surface area contributed by atoms with E-state index in [1.165, 1.54) is 17.3 Å². The molecule has 0 aliphatic carbocycles. The van der Waals surface area contributed by atoms with E-state index in [0.29, 0.717) is 22.9 Å². The fourth-order valence-electron chi connectivity index (χ4n) is 3.01. The van der Waals surface area contributed by atoms with Crippen molar-refractivity contribution in [1.82, 2.24) is 9.99 Å². The minimum Gasteiger partial charge on any atom is -0.467 e. The second kappa shape index (κ2) is 8.28. The van der Waals surface area contributed by atoms with Gasteiger partial charge in [0.25, 0.3) is 5.91 Å². The molecule has 1 aliphatic heterocycles. The van der Waals surface area contributed by atoms with Crippen molar-refractivity contribution >= 4 is 29.2 Å². The topological polar surface area (TPSA) is 85.0 Å². The third-order valence-corrected chi connectivity index (χ3v) is 4.67. The Kier molecular flexibility index (Phi) is 5.39. The summed E-state index contributed by atoms with van der Waals surface area (Å²) in [7, 11) is 0. The molecule has 1 aliphatic rings. The Morgan fingerprint density at radius 2 is 1.97 bits per heavy atom. The Morgan fingerprint density at radius 1 is 1.14 bits per heavy atom. The largest absolute Gasteiger partial charge is 0.467 e. The number of aromatic nitrogens is 1. The fourth-order valence-corrected chi connectivity index (χ4v) is 3.14. The van der Waals surface area contributed by atoms with Crippen LogP contribution in [0.1, 0.15) is 34.3 Å². The second-order valence-electron chi connectivity index (χ2n) is 6.32. The maximum atomic E-state index is 12.8. The number of ether oxygens (including phenoxy) is 1. The van der Waals surface area contributed by atoms with Crippen LogP contribution in [0.4, 0.5) is 0 Å². The summed E-state index contributed by atoms with van der Waals surface area (Å²) >= 11 is 5.96. The first-order valence-corrected chi connectivity index (χ1v) is 9.26. The molecule has 0 N–H and O–H groups in total. The lowest BCUT2D eigenvalue weighted by Crippen LogP contribution is -2.31. The molecule has 146 valence electrons. The average molecular weight is 410 g/mol. The molecule has 0 saturated heterocycles. The highest BCUT2D eigenvalue weighted by molar-refractivity contribution is 6.30. The number of benzene rings is 1. The normalized spacial score (nSPS) is 15.8. The lowest BCUT2D eigenvalue weighted by Gasteiger charge is -2.19. The van der Waals surface area contributed by atoms with E-state index in [4.69, 9.17) is 20.8 Å². The molecule has 0 fully saturated rings. The van der Waals surface area contributed by atoms with E-state index in [1.54, 1.807) is 42.7 Å². The molecule has 2 aromatic heterocycles. The molecule has 3 aromatic rings. The first-order chi connectivity index (χ1) is 14.1. The predicted molar refractivity (Wildman–Crippen MR) is 105 cm³/mol. The van der Waals surface area contributed by atoms with Crippen molar-refractivity contribution in [2.75, 3.05) is 6.61 Å². The molecule has 1 amide bonds. The van der Waals surface area contributed by atoms with Gasteiger partial charge in [-0.05, 0) is 42.0 Å². The third-order valence-electron chi connectivity index (χ3n) is 4.42. The van der Waals surface area contributed by atoms with Gasteiger partial charge in [-0.25, -0.2) is 14.8 Å². The molecule has 1 unspecified atom stereocenters. The number of hydrazone groups is 1. The summed E-state index contributed by atoms with van der Waals surface area (Å²) in [5.74, 6) is -0.531. The zero-order chi connectivity index (χ0) is 20.2. The van der Waals surface area contributed by atoms with E-state index < -0.39 is 24.5 Å². The van der Waals surface area contributed by atoms with Crippen LogP contribution in [-0.4, -0.2) is 34.2 Å². The minimum atomic E-state index is -0.672. The van der Waals surface area contributed by atoms with Crippen LogP contribution in [0.3, 0.4) is 0 Å². The lowest BCUT2D eigenvalue weighted by molar-refractivity contribution is -0.136. The van der Waals surface area contributed by atoms with Gasteiger partial charge in [-0.3, -0.25) is 4.79 Å². The number of hydrogen-bond donors (Lipinski definition) is 0. The number of carbonyl (C=O) groups excluding carboxylic acids is 2. The highest BCUT2D eigenvalue weighted by Crippen LogP contribution is 2.33.